The molecule has 35 heavy (non-hydrogen) atoms. The first-order chi connectivity index (χ1) is 16.7. The fraction of sp³-hybridized carbons (Fsp3) is 0.292. The molecular weight excluding hydrogens is 477 g/mol. The minimum Gasteiger partial charge on any atom is -0.497 e. The number of nitrogens with one attached hydrogen (secondary N) is 1. The first-order valence-electron chi connectivity index (χ1n) is 10.5. The van der Waals surface area contributed by atoms with Crippen LogP contribution in [0, 0.1) is 0 Å². The number of amides is 1. The maximum absolute atomic E-state index is 12.9. The van der Waals surface area contributed by atoms with Crippen molar-refractivity contribution in [2.75, 3.05) is 28.4 Å². The Labute approximate surface area is 201 Å². The third-order valence-corrected chi connectivity index (χ3v) is 7.27. The highest BCUT2D eigenvalue weighted by atomic mass is 31.2. The zero-order chi connectivity index (χ0) is 25.6. The van der Waals surface area contributed by atoms with Crippen molar-refractivity contribution >= 4 is 30.4 Å². The van der Waals surface area contributed by atoms with Crippen molar-refractivity contribution in [3.63, 3.8) is 0 Å². The van der Waals surface area contributed by atoms with E-state index in [0.29, 0.717) is 27.8 Å². The van der Waals surface area contributed by atoms with Crippen LogP contribution in [0.15, 0.2) is 57.7 Å². The topological polar surface area (TPSA) is 130 Å². The molecule has 1 atom stereocenters. The van der Waals surface area contributed by atoms with Crippen LogP contribution in [-0.2, 0) is 35.7 Å². The number of ether oxygens (including phenoxy) is 2. The lowest BCUT2D eigenvalue weighted by molar-refractivity contribution is -0.142. The summed E-state index contributed by atoms with van der Waals surface area (Å²) in [6.07, 6.45) is 0.0386. The molecule has 186 valence electrons. The van der Waals surface area contributed by atoms with Gasteiger partial charge in [0.25, 0.3) is 5.91 Å². The second-order valence-electron chi connectivity index (χ2n) is 7.54. The van der Waals surface area contributed by atoms with Crippen molar-refractivity contribution < 1.29 is 37.1 Å². The molecule has 0 aliphatic rings. The summed E-state index contributed by atoms with van der Waals surface area (Å²) >= 11 is 0. The molecule has 0 aliphatic carbocycles. The molecule has 11 heteroatoms. The molecule has 3 aromatic rings. The van der Waals surface area contributed by atoms with E-state index in [1.54, 1.807) is 30.3 Å². The maximum Gasteiger partial charge on any atom is 0.336 e. The summed E-state index contributed by atoms with van der Waals surface area (Å²) in [6, 6.07) is 11.5. The predicted octanol–water partition coefficient (Wildman–Crippen LogP) is 3.30. The molecule has 1 amide bonds. The molecule has 3 rings (SSSR count). The van der Waals surface area contributed by atoms with E-state index in [1.807, 2.05) is 0 Å². The van der Waals surface area contributed by atoms with Crippen molar-refractivity contribution in [1.82, 2.24) is 5.32 Å². The Morgan fingerprint density at radius 3 is 2.29 bits per heavy atom. The van der Waals surface area contributed by atoms with Gasteiger partial charge >= 0.3 is 19.2 Å². The van der Waals surface area contributed by atoms with E-state index >= 15 is 0 Å². The standard InChI is InChI=1S/C24H26NO9P/c1-30-18-9-10-19-17(12-22(26)34-21(19)13-18)11-20(24(28)31-2)25-23(27)16-7-5-15(6-8-16)14-35(29,32-3)33-4/h5-10,12-13,20H,11,14H2,1-4H3,(H,25,27)/t20-/m1/s1. The van der Waals surface area contributed by atoms with Gasteiger partial charge in [0.15, 0.2) is 0 Å². The summed E-state index contributed by atoms with van der Waals surface area (Å²) in [7, 11) is 2.05. The third kappa shape index (κ3) is 6.36. The van der Waals surface area contributed by atoms with Crippen LogP contribution in [0.2, 0.25) is 0 Å². The molecule has 0 bridgehead atoms. The van der Waals surface area contributed by atoms with E-state index in [4.69, 9.17) is 22.9 Å². The smallest absolute Gasteiger partial charge is 0.336 e. The van der Waals surface area contributed by atoms with Crippen LogP contribution >= 0.6 is 7.60 Å². The number of carbonyl (C=O) groups excluding carboxylic acids is 2. The van der Waals surface area contributed by atoms with Crippen LogP contribution in [0.1, 0.15) is 21.5 Å². The van der Waals surface area contributed by atoms with Crippen molar-refractivity contribution in [3.05, 3.63) is 75.6 Å². The number of benzene rings is 2. The Morgan fingerprint density at radius 1 is 1.00 bits per heavy atom. The lowest BCUT2D eigenvalue weighted by Gasteiger charge is -2.18. The van der Waals surface area contributed by atoms with Gasteiger partial charge in [0.2, 0.25) is 0 Å². The summed E-state index contributed by atoms with van der Waals surface area (Å²) in [5, 5.41) is 3.25. The zero-order valence-corrected chi connectivity index (χ0v) is 20.6. The monoisotopic (exact) mass is 503 g/mol. The Morgan fingerprint density at radius 2 is 1.69 bits per heavy atom. The van der Waals surface area contributed by atoms with Gasteiger partial charge in [-0.25, -0.2) is 9.59 Å². The lowest BCUT2D eigenvalue weighted by atomic mass is 10.0. The Bertz CT molecular complexity index is 1310. The number of methoxy groups -OCH3 is 2. The molecule has 0 unspecified atom stereocenters. The van der Waals surface area contributed by atoms with Crippen LogP contribution < -0.4 is 15.7 Å². The van der Waals surface area contributed by atoms with Crippen LogP contribution in [0.5, 0.6) is 5.75 Å². The molecule has 0 spiro atoms. The van der Waals surface area contributed by atoms with Gasteiger partial charge < -0.3 is 28.3 Å². The fourth-order valence-corrected chi connectivity index (χ4v) is 4.56. The van der Waals surface area contributed by atoms with Crippen LogP contribution in [0.3, 0.4) is 0 Å². The number of fused-ring (bicyclic) bond motifs is 1. The third-order valence-electron chi connectivity index (χ3n) is 5.40. The Balaban J connectivity index is 1.83. The van der Waals surface area contributed by atoms with E-state index in [2.05, 4.69) is 5.32 Å². The number of rotatable bonds is 10. The highest BCUT2D eigenvalue weighted by Crippen LogP contribution is 2.49. The molecule has 10 nitrogen and oxygen atoms in total. The highest BCUT2D eigenvalue weighted by Gasteiger charge is 2.25. The van der Waals surface area contributed by atoms with E-state index < -0.39 is 31.1 Å². The van der Waals surface area contributed by atoms with Crippen LogP contribution in [0.4, 0.5) is 0 Å². The maximum atomic E-state index is 12.9. The molecule has 0 fully saturated rings. The van der Waals surface area contributed by atoms with Crippen LogP contribution in [0.25, 0.3) is 11.0 Å². The quantitative estimate of drug-likeness (QED) is 0.252. The summed E-state index contributed by atoms with van der Waals surface area (Å²) < 4.78 is 37.5. The predicted molar refractivity (Wildman–Crippen MR) is 128 cm³/mol. The summed E-state index contributed by atoms with van der Waals surface area (Å²) in [4.78, 5) is 37.4. The summed E-state index contributed by atoms with van der Waals surface area (Å²) in [5.74, 6) is -0.694. The van der Waals surface area contributed by atoms with E-state index in [9.17, 15) is 18.9 Å². The molecule has 1 aromatic heterocycles. The van der Waals surface area contributed by atoms with Gasteiger partial charge in [-0.1, -0.05) is 12.1 Å². The molecular formula is C24H26NO9P. The average molecular weight is 503 g/mol. The van der Waals surface area contributed by atoms with Gasteiger partial charge in [-0.15, -0.1) is 0 Å². The van der Waals surface area contributed by atoms with E-state index in [-0.39, 0.29) is 18.1 Å². The van der Waals surface area contributed by atoms with Crippen molar-refractivity contribution in [2.24, 2.45) is 0 Å². The van der Waals surface area contributed by atoms with Crippen LogP contribution in [-0.4, -0.2) is 46.4 Å². The number of hydrogen-bond donors (Lipinski definition) is 1. The van der Waals surface area contributed by atoms with E-state index in [1.165, 1.54) is 46.6 Å². The van der Waals surface area contributed by atoms with Crippen molar-refractivity contribution in [1.29, 1.82) is 0 Å². The molecule has 0 aliphatic heterocycles. The number of esters is 1. The SMILES string of the molecule is COC(=O)[C@@H](Cc1cc(=O)oc2cc(OC)ccc12)NC(=O)c1ccc(CP(=O)(OC)OC)cc1. The van der Waals surface area contributed by atoms with Gasteiger partial charge in [0.05, 0.1) is 20.4 Å². The first-order valence-corrected chi connectivity index (χ1v) is 12.2. The normalized spacial score (nSPS) is 12.2. The van der Waals surface area contributed by atoms with Gasteiger partial charge in [0, 0.05) is 43.7 Å². The molecule has 1 heterocycles. The van der Waals surface area contributed by atoms with Crippen molar-refractivity contribution in [2.45, 2.75) is 18.6 Å². The van der Waals surface area contributed by atoms with Crippen molar-refractivity contribution in [3.8, 4) is 5.75 Å². The first kappa shape index (κ1) is 26.2. The Hall–Kier alpha value is -3.46. The molecule has 2 aromatic carbocycles. The molecule has 0 radical (unpaired) electrons. The molecule has 1 N–H and O–H groups in total. The highest BCUT2D eigenvalue weighted by molar-refractivity contribution is 7.52. The fourth-order valence-electron chi connectivity index (χ4n) is 3.49. The van der Waals surface area contributed by atoms with Gasteiger partial charge in [-0.3, -0.25) is 9.36 Å². The van der Waals surface area contributed by atoms with Gasteiger partial charge in [0.1, 0.15) is 17.4 Å². The minimum absolute atomic E-state index is 0.00418. The number of carbonyl (C=O) groups is 2. The molecule has 0 saturated heterocycles. The van der Waals surface area contributed by atoms with E-state index in [0.717, 1.165) is 0 Å². The molecule has 0 saturated carbocycles. The van der Waals surface area contributed by atoms with Gasteiger partial charge in [-0.05, 0) is 35.4 Å². The lowest BCUT2D eigenvalue weighted by Crippen LogP contribution is -2.43. The second-order valence-corrected chi connectivity index (χ2v) is 9.81. The second kappa shape index (κ2) is 11.3. The zero-order valence-electron chi connectivity index (χ0n) is 19.7. The minimum atomic E-state index is -3.25. The summed E-state index contributed by atoms with van der Waals surface area (Å²) in [5.41, 5.74) is 1.11. The number of hydrogen-bond acceptors (Lipinski definition) is 9. The Kier molecular flexibility index (Phi) is 8.45. The summed E-state index contributed by atoms with van der Waals surface area (Å²) in [6.45, 7) is 0. The average Bonchev–Trinajstić information content (AvgIpc) is 2.87. The largest absolute Gasteiger partial charge is 0.497 e. The van der Waals surface area contributed by atoms with Gasteiger partial charge in [-0.2, -0.15) is 0 Å².